The second-order valence-electron chi connectivity index (χ2n) is 4.58. The zero-order chi connectivity index (χ0) is 14.4. The molecule has 104 valence electrons. The fourth-order valence-electron chi connectivity index (χ4n) is 2.27. The highest BCUT2D eigenvalue weighted by Crippen LogP contribution is 2.23. The zero-order valence-electron chi connectivity index (χ0n) is 11.4. The molecule has 0 aromatic heterocycles. The quantitative estimate of drug-likeness (QED) is 0.791. The van der Waals surface area contributed by atoms with Crippen LogP contribution in [0.25, 0.3) is 0 Å². The molecule has 0 aliphatic rings. The Hall–Kier alpha value is -1.84. The van der Waals surface area contributed by atoms with Gasteiger partial charge in [-0.25, -0.2) is 9.59 Å². The molecule has 0 atom stereocenters. The maximum absolute atomic E-state index is 11.3. The highest BCUT2D eigenvalue weighted by atomic mass is 16.4. The van der Waals surface area contributed by atoms with Gasteiger partial charge >= 0.3 is 11.9 Å². The molecule has 0 heterocycles. The van der Waals surface area contributed by atoms with Gasteiger partial charge in [0.1, 0.15) is 0 Å². The molecule has 4 heteroatoms. The van der Waals surface area contributed by atoms with Gasteiger partial charge in [-0.3, -0.25) is 0 Å². The number of carboxylic acids is 2. The number of hydrogen-bond acceptors (Lipinski definition) is 2. The van der Waals surface area contributed by atoms with Gasteiger partial charge in [-0.15, -0.1) is 0 Å². The third-order valence-corrected chi connectivity index (χ3v) is 3.17. The molecule has 0 saturated heterocycles. The number of rotatable bonds is 7. The summed E-state index contributed by atoms with van der Waals surface area (Å²) in [6.07, 6.45) is 3.82. The van der Waals surface area contributed by atoms with E-state index in [1.807, 2.05) is 13.8 Å². The molecule has 0 radical (unpaired) electrons. The third-order valence-electron chi connectivity index (χ3n) is 3.17. The van der Waals surface area contributed by atoms with E-state index in [0.717, 1.165) is 19.3 Å². The molecule has 1 rings (SSSR count). The molecule has 0 saturated carbocycles. The molecule has 0 bridgehead atoms. The van der Waals surface area contributed by atoms with E-state index in [1.165, 1.54) is 12.1 Å². The number of carboxylic acid groups (broad SMARTS) is 2. The van der Waals surface area contributed by atoms with Crippen molar-refractivity contribution in [2.24, 2.45) is 0 Å². The number of benzene rings is 1. The molecule has 0 aliphatic carbocycles. The van der Waals surface area contributed by atoms with Crippen LogP contribution in [-0.2, 0) is 12.8 Å². The number of hydrogen-bond donors (Lipinski definition) is 2. The van der Waals surface area contributed by atoms with Gasteiger partial charge in [0, 0.05) is 0 Å². The Labute approximate surface area is 113 Å². The summed E-state index contributed by atoms with van der Waals surface area (Å²) in [6.45, 7) is 3.99. The van der Waals surface area contributed by atoms with Gasteiger partial charge in [0.15, 0.2) is 0 Å². The van der Waals surface area contributed by atoms with Crippen LogP contribution in [0.3, 0.4) is 0 Å². The molecule has 0 amide bonds. The lowest BCUT2D eigenvalue weighted by molar-refractivity contribution is 0.0679. The topological polar surface area (TPSA) is 74.6 Å². The van der Waals surface area contributed by atoms with Gasteiger partial charge < -0.3 is 10.2 Å². The number of carbonyl (C=O) groups is 2. The minimum absolute atomic E-state index is 0.234. The van der Waals surface area contributed by atoms with Crippen LogP contribution < -0.4 is 0 Å². The fourth-order valence-corrected chi connectivity index (χ4v) is 2.27. The normalized spacial score (nSPS) is 10.4. The smallest absolute Gasteiger partial charge is 0.335 e. The standard InChI is InChI=1S/C15H20O4/c1-3-5-7-11-10(6-4-2)12(14(16)17)8-9-13(11)15(18)19/h8-9H,3-7H2,1-2H3,(H,16,17)(H,18,19). The average Bonchev–Trinajstić information content (AvgIpc) is 2.36. The van der Waals surface area contributed by atoms with E-state index < -0.39 is 11.9 Å². The summed E-state index contributed by atoms with van der Waals surface area (Å²) in [6, 6.07) is 2.82. The van der Waals surface area contributed by atoms with Crippen LogP contribution in [0.4, 0.5) is 0 Å². The molecule has 1 aromatic carbocycles. The third kappa shape index (κ3) is 3.56. The average molecular weight is 264 g/mol. The Morgan fingerprint density at radius 3 is 1.74 bits per heavy atom. The molecule has 1 aromatic rings. The van der Waals surface area contributed by atoms with Crippen molar-refractivity contribution in [1.82, 2.24) is 0 Å². The summed E-state index contributed by atoms with van der Waals surface area (Å²) in [5, 5.41) is 18.5. The maximum Gasteiger partial charge on any atom is 0.335 e. The van der Waals surface area contributed by atoms with Crippen molar-refractivity contribution in [1.29, 1.82) is 0 Å². The predicted molar refractivity (Wildman–Crippen MR) is 73.0 cm³/mol. The second kappa shape index (κ2) is 6.92. The summed E-state index contributed by atoms with van der Waals surface area (Å²) in [5.74, 6) is -1.97. The molecule has 0 aliphatic heterocycles. The second-order valence-corrected chi connectivity index (χ2v) is 4.58. The highest BCUT2D eigenvalue weighted by molar-refractivity contribution is 5.95. The Morgan fingerprint density at radius 2 is 1.37 bits per heavy atom. The largest absolute Gasteiger partial charge is 0.478 e. The van der Waals surface area contributed by atoms with E-state index in [4.69, 9.17) is 0 Å². The van der Waals surface area contributed by atoms with Gasteiger partial charge in [0.2, 0.25) is 0 Å². The first-order chi connectivity index (χ1) is 9.02. The van der Waals surface area contributed by atoms with Gasteiger partial charge in [-0.2, -0.15) is 0 Å². The summed E-state index contributed by atoms with van der Waals surface area (Å²) >= 11 is 0. The van der Waals surface area contributed by atoms with Crippen molar-refractivity contribution in [2.75, 3.05) is 0 Å². The van der Waals surface area contributed by atoms with E-state index in [0.29, 0.717) is 24.0 Å². The number of unbranched alkanes of at least 4 members (excludes halogenated alkanes) is 1. The van der Waals surface area contributed by atoms with Gasteiger partial charge in [0.05, 0.1) is 11.1 Å². The van der Waals surface area contributed by atoms with E-state index in [2.05, 4.69) is 0 Å². The fraction of sp³-hybridized carbons (Fsp3) is 0.467. The lowest BCUT2D eigenvalue weighted by Crippen LogP contribution is -2.12. The predicted octanol–water partition coefficient (Wildman–Crippen LogP) is 3.38. The molecular formula is C15H20O4. The van der Waals surface area contributed by atoms with Crippen molar-refractivity contribution in [2.45, 2.75) is 46.0 Å². The Bertz CT molecular complexity index is 477. The molecule has 0 unspecified atom stereocenters. The molecule has 0 fully saturated rings. The maximum atomic E-state index is 11.3. The van der Waals surface area contributed by atoms with Crippen LogP contribution in [0.1, 0.15) is 65.0 Å². The summed E-state index contributed by atoms with van der Waals surface area (Å²) in [7, 11) is 0. The summed E-state index contributed by atoms with van der Waals surface area (Å²) in [5.41, 5.74) is 1.85. The Morgan fingerprint density at radius 1 is 0.895 bits per heavy atom. The van der Waals surface area contributed by atoms with Crippen LogP contribution in [0.5, 0.6) is 0 Å². The van der Waals surface area contributed by atoms with Crippen molar-refractivity contribution >= 4 is 11.9 Å². The van der Waals surface area contributed by atoms with Gasteiger partial charge in [0.25, 0.3) is 0 Å². The molecule has 19 heavy (non-hydrogen) atoms. The Kier molecular flexibility index (Phi) is 5.55. The lowest BCUT2D eigenvalue weighted by atomic mass is 9.90. The van der Waals surface area contributed by atoms with Gasteiger partial charge in [-0.1, -0.05) is 26.7 Å². The summed E-state index contributed by atoms with van der Waals surface area (Å²) < 4.78 is 0. The van der Waals surface area contributed by atoms with Crippen LogP contribution in [-0.4, -0.2) is 22.2 Å². The Balaban J connectivity index is 3.41. The minimum atomic E-state index is -0.988. The van der Waals surface area contributed by atoms with E-state index in [9.17, 15) is 19.8 Å². The minimum Gasteiger partial charge on any atom is -0.478 e. The molecule has 4 nitrogen and oxygen atoms in total. The van der Waals surface area contributed by atoms with E-state index >= 15 is 0 Å². The van der Waals surface area contributed by atoms with Gasteiger partial charge in [-0.05, 0) is 42.5 Å². The number of aromatic carboxylic acids is 2. The first-order valence-corrected chi connectivity index (χ1v) is 6.64. The first kappa shape index (κ1) is 15.2. The zero-order valence-corrected chi connectivity index (χ0v) is 11.4. The monoisotopic (exact) mass is 264 g/mol. The SMILES string of the molecule is CCCCc1c(C(=O)O)ccc(C(=O)O)c1CCC. The van der Waals surface area contributed by atoms with Crippen LogP contribution in [0.15, 0.2) is 12.1 Å². The highest BCUT2D eigenvalue weighted by Gasteiger charge is 2.19. The molecule has 2 N–H and O–H groups in total. The molecular weight excluding hydrogens is 244 g/mol. The van der Waals surface area contributed by atoms with Crippen LogP contribution in [0.2, 0.25) is 0 Å². The van der Waals surface area contributed by atoms with Crippen molar-refractivity contribution in [3.63, 3.8) is 0 Å². The van der Waals surface area contributed by atoms with Crippen LogP contribution in [0, 0.1) is 0 Å². The lowest BCUT2D eigenvalue weighted by Gasteiger charge is -2.15. The van der Waals surface area contributed by atoms with Crippen molar-refractivity contribution in [3.05, 3.63) is 34.4 Å². The summed E-state index contributed by atoms with van der Waals surface area (Å²) in [4.78, 5) is 22.5. The van der Waals surface area contributed by atoms with E-state index in [1.54, 1.807) is 0 Å². The van der Waals surface area contributed by atoms with Crippen molar-refractivity contribution in [3.8, 4) is 0 Å². The molecule has 0 spiro atoms. The first-order valence-electron chi connectivity index (χ1n) is 6.64. The van der Waals surface area contributed by atoms with E-state index in [-0.39, 0.29) is 11.1 Å². The van der Waals surface area contributed by atoms with Crippen molar-refractivity contribution < 1.29 is 19.8 Å². The van der Waals surface area contributed by atoms with Crippen LogP contribution >= 0.6 is 0 Å².